The highest BCUT2D eigenvalue weighted by molar-refractivity contribution is 5.76. The van der Waals surface area contributed by atoms with Crippen LogP contribution < -0.4 is 0 Å². The van der Waals surface area contributed by atoms with Crippen molar-refractivity contribution in [3.8, 4) is 11.3 Å². The molecule has 1 aromatic heterocycles. The number of aliphatic hydroxyl groups is 1. The third-order valence-corrected chi connectivity index (χ3v) is 4.02. The molecule has 5 nitrogen and oxygen atoms in total. The van der Waals surface area contributed by atoms with E-state index in [1.54, 1.807) is 17.0 Å². The van der Waals surface area contributed by atoms with E-state index in [1.165, 1.54) is 12.1 Å². The van der Waals surface area contributed by atoms with Crippen LogP contribution in [0.1, 0.15) is 17.9 Å². The molecule has 22 heavy (non-hydrogen) atoms. The van der Waals surface area contributed by atoms with Crippen molar-refractivity contribution in [1.82, 2.24) is 14.5 Å². The van der Waals surface area contributed by atoms with E-state index in [-0.39, 0.29) is 24.8 Å². The van der Waals surface area contributed by atoms with E-state index >= 15 is 0 Å². The summed E-state index contributed by atoms with van der Waals surface area (Å²) in [6, 6.07) is 6.27. The average Bonchev–Trinajstić information content (AvgIpc) is 2.85. The molecule has 1 N–H and O–H groups in total. The van der Waals surface area contributed by atoms with Crippen LogP contribution in [0.5, 0.6) is 0 Å². The second kappa shape index (κ2) is 5.88. The van der Waals surface area contributed by atoms with E-state index in [9.17, 15) is 9.18 Å². The van der Waals surface area contributed by atoms with Crippen molar-refractivity contribution in [3.63, 3.8) is 0 Å². The number of nitrogens with zero attached hydrogens (tertiary/aromatic N) is 3. The fourth-order valence-electron chi connectivity index (χ4n) is 2.83. The molecular formula is C16H18FN3O2. The maximum absolute atomic E-state index is 13.1. The summed E-state index contributed by atoms with van der Waals surface area (Å²) in [7, 11) is 0. The molecule has 1 amide bonds. The predicted molar refractivity (Wildman–Crippen MR) is 79.5 cm³/mol. The number of hydrogen-bond acceptors (Lipinski definition) is 3. The minimum atomic E-state index is -0.272. The lowest BCUT2D eigenvalue weighted by molar-refractivity contribution is -0.133. The summed E-state index contributed by atoms with van der Waals surface area (Å²) in [5.41, 5.74) is 2.72. The lowest BCUT2D eigenvalue weighted by Crippen LogP contribution is -2.38. The molecule has 2 aromatic rings. The van der Waals surface area contributed by atoms with Gasteiger partial charge in [-0.15, -0.1) is 0 Å². The SMILES string of the molecule is Cc1c(-c2ccc(F)cc2)nc2n1CCN(C(=O)CCO)C2. The Bertz CT molecular complexity index is 694. The summed E-state index contributed by atoms with van der Waals surface area (Å²) >= 11 is 0. The van der Waals surface area contributed by atoms with Crippen LogP contribution in [-0.4, -0.2) is 38.6 Å². The van der Waals surface area contributed by atoms with Gasteiger partial charge in [-0.05, 0) is 31.2 Å². The number of carbonyl (C=O) groups is 1. The number of hydrogen-bond donors (Lipinski definition) is 1. The first kappa shape index (κ1) is 14.7. The van der Waals surface area contributed by atoms with Crippen LogP contribution in [0.4, 0.5) is 4.39 Å². The zero-order valence-electron chi connectivity index (χ0n) is 12.4. The number of amides is 1. The molecule has 2 heterocycles. The zero-order valence-corrected chi connectivity index (χ0v) is 12.4. The molecule has 0 saturated carbocycles. The van der Waals surface area contributed by atoms with Gasteiger partial charge in [0.05, 0.1) is 18.8 Å². The van der Waals surface area contributed by atoms with Gasteiger partial charge in [0.2, 0.25) is 5.91 Å². The van der Waals surface area contributed by atoms with Crippen molar-refractivity contribution in [2.45, 2.75) is 26.4 Å². The molecule has 1 aliphatic rings. The maximum atomic E-state index is 13.1. The van der Waals surface area contributed by atoms with Crippen molar-refractivity contribution in [2.24, 2.45) is 0 Å². The summed E-state index contributed by atoms with van der Waals surface area (Å²) in [6.07, 6.45) is 0.143. The van der Waals surface area contributed by atoms with Crippen LogP contribution in [-0.2, 0) is 17.9 Å². The number of aliphatic hydroxyl groups excluding tert-OH is 1. The van der Waals surface area contributed by atoms with Crippen LogP contribution in [0, 0.1) is 12.7 Å². The number of imidazole rings is 1. The van der Waals surface area contributed by atoms with Gasteiger partial charge in [0, 0.05) is 30.8 Å². The quantitative estimate of drug-likeness (QED) is 0.939. The van der Waals surface area contributed by atoms with Crippen molar-refractivity contribution in [3.05, 3.63) is 41.6 Å². The second-order valence-electron chi connectivity index (χ2n) is 5.41. The average molecular weight is 303 g/mol. The molecule has 3 rings (SSSR count). The largest absolute Gasteiger partial charge is 0.396 e. The molecule has 0 atom stereocenters. The van der Waals surface area contributed by atoms with Crippen LogP contribution in [0.15, 0.2) is 24.3 Å². The Morgan fingerprint density at radius 3 is 2.73 bits per heavy atom. The van der Waals surface area contributed by atoms with E-state index in [0.29, 0.717) is 19.6 Å². The highest BCUT2D eigenvalue weighted by Gasteiger charge is 2.24. The highest BCUT2D eigenvalue weighted by Crippen LogP contribution is 2.26. The first-order valence-corrected chi connectivity index (χ1v) is 7.30. The number of rotatable bonds is 3. The zero-order chi connectivity index (χ0) is 15.7. The van der Waals surface area contributed by atoms with Crippen LogP contribution >= 0.6 is 0 Å². The van der Waals surface area contributed by atoms with Gasteiger partial charge in [0.1, 0.15) is 11.6 Å². The molecule has 0 radical (unpaired) electrons. The second-order valence-corrected chi connectivity index (χ2v) is 5.41. The Balaban J connectivity index is 1.89. The number of halogens is 1. The molecule has 0 fully saturated rings. The molecular weight excluding hydrogens is 285 g/mol. The number of carbonyl (C=O) groups excluding carboxylic acids is 1. The summed E-state index contributed by atoms with van der Waals surface area (Å²) in [5, 5.41) is 8.88. The first-order chi connectivity index (χ1) is 10.6. The third-order valence-electron chi connectivity index (χ3n) is 4.02. The lowest BCUT2D eigenvalue weighted by atomic mass is 10.1. The Hall–Kier alpha value is -2.21. The summed E-state index contributed by atoms with van der Waals surface area (Å²) in [6.45, 7) is 3.60. The van der Waals surface area contributed by atoms with E-state index in [0.717, 1.165) is 22.8 Å². The molecule has 0 saturated heterocycles. The Morgan fingerprint density at radius 1 is 1.32 bits per heavy atom. The van der Waals surface area contributed by atoms with Crippen LogP contribution in [0.2, 0.25) is 0 Å². The molecule has 6 heteroatoms. The number of aromatic nitrogens is 2. The summed E-state index contributed by atoms with van der Waals surface area (Å²) < 4.78 is 15.2. The van der Waals surface area contributed by atoms with Gasteiger partial charge in [-0.25, -0.2) is 9.37 Å². The van der Waals surface area contributed by atoms with Crippen LogP contribution in [0.25, 0.3) is 11.3 Å². The monoisotopic (exact) mass is 303 g/mol. The van der Waals surface area contributed by atoms with E-state index in [1.807, 2.05) is 6.92 Å². The molecule has 1 aromatic carbocycles. The number of benzene rings is 1. The fourth-order valence-corrected chi connectivity index (χ4v) is 2.83. The van der Waals surface area contributed by atoms with Gasteiger partial charge in [-0.2, -0.15) is 0 Å². The normalized spacial score (nSPS) is 14.0. The Kier molecular flexibility index (Phi) is 3.94. The van der Waals surface area contributed by atoms with Gasteiger partial charge in [0.25, 0.3) is 0 Å². The van der Waals surface area contributed by atoms with Gasteiger partial charge in [-0.3, -0.25) is 4.79 Å². The third kappa shape index (κ3) is 2.62. The molecule has 0 spiro atoms. The van der Waals surface area contributed by atoms with E-state index in [4.69, 9.17) is 5.11 Å². The highest BCUT2D eigenvalue weighted by atomic mass is 19.1. The van der Waals surface area contributed by atoms with E-state index in [2.05, 4.69) is 9.55 Å². The molecule has 1 aliphatic heterocycles. The van der Waals surface area contributed by atoms with Crippen molar-refractivity contribution < 1.29 is 14.3 Å². The van der Waals surface area contributed by atoms with E-state index < -0.39 is 0 Å². The van der Waals surface area contributed by atoms with Gasteiger partial charge in [0.15, 0.2) is 0 Å². The minimum Gasteiger partial charge on any atom is -0.396 e. The standard InChI is InChI=1S/C16H18FN3O2/c1-11-16(12-2-4-13(17)5-3-12)18-14-10-19(7-8-20(11)14)15(22)6-9-21/h2-5,21H,6-10H2,1H3. The smallest absolute Gasteiger partial charge is 0.225 e. The molecule has 0 unspecified atom stereocenters. The maximum Gasteiger partial charge on any atom is 0.225 e. The fraction of sp³-hybridized carbons (Fsp3) is 0.375. The van der Waals surface area contributed by atoms with Gasteiger partial charge >= 0.3 is 0 Å². The van der Waals surface area contributed by atoms with Crippen LogP contribution in [0.3, 0.4) is 0 Å². The number of fused-ring (bicyclic) bond motifs is 1. The molecule has 0 aliphatic carbocycles. The summed E-state index contributed by atoms with van der Waals surface area (Å²) in [4.78, 5) is 18.2. The molecule has 116 valence electrons. The van der Waals surface area contributed by atoms with Crippen molar-refractivity contribution in [2.75, 3.05) is 13.2 Å². The minimum absolute atomic E-state index is 0.0577. The lowest BCUT2D eigenvalue weighted by Gasteiger charge is -2.28. The topological polar surface area (TPSA) is 58.4 Å². The van der Waals surface area contributed by atoms with Gasteiger partial charge in [-0.1, -0.05) is 0 Å². The Labute approximate surface area is 128 Å². The van der Waals surface area contributed by atoms with Crippen molar-refractivity contribution >= 4 is 5.91 Å². The Morgan fingerprint density at radius 2 is 2.05 bits per heavy atom. The van der Waals surface area contributed by atoms with Gasteiger partial charge < -0.3 is 14.6 Å². The first-order valence-electron chi connectivity index (χ1n) is 7.30. The predicted octanol–water partition coefficient (Wildman–Crippen LogP) is 1.72. The summed E-state index contributed by atoms with van der Waals surface area (Å²) in [5.74, 6) is 0.498. The molecule has 0 bridgehead atoms. The van der Waals surface area contributed by atoms with Crippen molar-refractivity contribution in [1.29, 1.82) is 0 Å².